The summed E-state index contributed by atoms with van der Waals surface area (Å²) in [5, 5.41) is 11.8. The maximum atomic E-state index is 14.4. The van der Waals surface area contributed by atoms with Gasteiger partial charge >= 0.3 is 0 Å². The summed E-state index contributed by atoms with van der Waals surface area (Å²) in [4.78, 5) is 12.4. The first-order valence-electron chi connectivity index (χ1n) is 12.8. The lowest BCUT2D eigenvalue weighted by Gasteiger charge is -2.34. The third-order valence-corrected chi connectivity index (χ3v) is 7.43. The Morgan fingerprint density at radius 2 is 1.87 bits per heavy atom. The van der Waals surface area contributed by atoms with Crippen molar-refractivity contribution < 1.29 is 23.4 Å². The van der Waals surface area contributed by atoms with Gasteiger partial charge in [0, 0.05) is 37.2 Å². The Bertz CT molecular complexity index is 1310. The lowest BCUT2D eigenvalue weighted by molar-refractivity contribution is 0.369. The van der Waals surface area contributed by atoms with Crippen molar-refractivity contribution >= 4 is 11.5 Å². The number of likely N-dealkylation sites (tertiary alicyclic amines) is 1. The van der Waals surface area contributed by atoms with Gasteiger partial charge in [-0.2, -0.15) is 0 Å². The Balaban J connectivity index is 1.49. The van der Waals surface area contributed by atoms with Gasteiger partial charge in [0.2, 0.25) is 5.88 Å². The van der Waals surface area contributed by atoms with Crippen LogP contribution in [-0.2, 0) is 0 Å². The summed E-state index contributed by atoms with van der Waals surface area (Å²) in [5.41, 5.74) is 2.07. The van der Waals surface area contributed by atoms with Crippen LogP contribution in [0.5, 0.6) is 11.5 Å². The highest BCUT2D eigenvalue weighted by Gasteiger charge is 2.36. The average molecular weight is 523 g/mol. The predicted octanol–water partition coefficient (Wildman–Crippen LogP) is 6.07. The fourth-order valence-electron chi connectivity index (χ4n) is 5.23. The van der Waals surface area contributed by atoms with E-state index in [2.05, 4.69) is 18.1 Å². The number of halogens is 2. The number of benzene rings is 1. The van der Waals surface area contributed by atoms with Crippen LogP contribution in [0.3, 0.4) is 0 Å². The normalized spacial score (nSPS) is 19.6. The molecular weight excluding hydrogens is 490 g/mol. The first kappa shape index (κ1) is 25.8. The molecule has 2 fully saturated rings. The Hall–Kier alpha value is -3.88. The molecule has 0 radical (unpaired) electrons. The molecule has 1 saturated heterocycles. The van der Waals surface area contributed by atoms with E-state index in [9.17, 15) is 13.9 Å². The second-order valence-corrected chi connectivity index (χ2v) is 9.90. The van der Waals surface area contributed by atoms with Gasteiger partial charge in [0.05, 0.1) is 37.4 Å². The molecule has 9 heteroatoms. The fourth-order valence-corrected chi connectivity index (χ4v) is 5.23. The molecule has 1 unspecified atom stereocenters. The van der Waals surface area contributed by atoms with E-state index >= 15 is 0 Å². The maximum Gasteiger partial charge on any atom is 0.209 e. The van der Waals surface area contributed by atoms with Crippen molar-refractivity contribution in [3.05, 3.63) is 83.8 Å². The van der Waals surface area contributed by atoms with Crippen LogP contribution in [0.15, 0.2) is 71.5 Å². The van der Waals surface area contributed by atoms with E-state index in [1.165, 1.54) is 12.8 Å². The summed E-state index contributed by atoms with van der Waals surface area (Å²) in [6.07, 6.45) is 5.65. The van der Waals surface area contributed by atoms with E-state index in [1.54, 1.807) is 31.3 Å². The van der Waals surface area contributed by atoms with Crippen molar-refractivity contribution in [2.75, 3.05) is 32.2 Å². The molecule has 1 saturated carbocycles. The van der Waals surface area contributed by atoms with Crippen molar-refractivity contribution in [2.24, 2.45) is 10.9 Å². The molecule has 2 aromatic rings. The topological polar surface area (TPSA) is 70.4 Å². The molecule has 38 heavy (non-hydrogen) atoms. The zero-order valence-corrected chi connectivity index (χ0v) is 21.7. The summed E-state index contributed by atoms with van der Waals surface area (Å²) < 4.78 is 39.1. The number of rotatable bonds is 9. The van der Waals surface area contributed by atoms with Crippen LogP contribution in [0.1, 0.15) is 43.7 Å². The summed E-state index contributed by atoms with van der Waals surface area (Å²) in [6.45, 7) is 9.38. The highest BCUT2D eigenvalue weighted by molar-refractivity contribution is 6.05. The number of pyridine rings is 1. The fraction of sp³-hybridized carbons (Fsp3) is 0.379. The second-order valence-electron chi connectivity index (χ2n) is 9.90. The smallest absolute Gasteiger partial charge is 0.209 e. The Morgan fingerprint density at radius 3 is 2.50 bits per heavy atom. The number of ether oxygens (including phenoxy) is 2. The zero-order chi connectivity index (χ0) is 27.0. The number of amidine groups is 1. The van der Waals surface area contributed by atoms with Gasteiger partial charge in [0.25, 0.3) is 0 Å². The van der Waals surface area contributed by atoms with Crippen molar-refractivity contribution in [1.82, 2.24) is 9.88 Å². The third kappa shape index (κ3) is 4.85. The van der Waals surface area contributed by atoms with Crippen LogP contribution in [0, 0.1) is 17.6 Å². The van der Waals surface area contributed by atoms with Crippen molar-refractivity contribution in [3.63, 3.8) is 0 Å². The zero-order valence-electron chi connectivity index (χ0n) is 21.7. The molecule has 1 aromatic carbocycles. The van der Waals surface area contributed by atoms with Gasteiger partial charge in [-0.1, -0.05) is 32.1 Å². The van der Waals surface area contributed by atoms with Gasteiger partial charge in [-0.25, -0.2) is 13.8 Å². The van der Waals surface area contributed by atoms with Crippen LogP contribution >= 0.6 is 0 Å². The summed E-state index contributed by atoms with van der Waals surface area (Å²) in [7, 11) is 3.13. The first-order valence-corrected chi connectivity index (χ1v) is 12.8. The highest BCUT2D eigenvalue weighted by Crippen LogP contribution is 2.45. The molecule has 2 aliphatic heterocycles. The maximum absolute atomic E-state index is 14.4. The molecule has 0 bridgehead atoms. The van der Waals surface area contributed by atoms with Gasteiger partial charge in [-0.05, 0) is 30.9 Å². The van der Waals surface area contributed by atoms with E-state index < -0.39 is 11.6 Å². The van der Waals surface area contributed by atoms with Crippen LogP contribution in [-0.4, -0.2) is 48.1 Å². The summed E-state index contributed by atoms with van der Waals surface area (Å²) >= 11 is 0. The molecule has 5 rings (SSSR count). The van der Waals surface area contributed by atoms with Crippen LogP contribution in [0.4, 0.5) is 14.5 Å². The molecule has 1 atom stereocenters. The molecule has 7 nitrogen and oxygen atoms in total. The van der Waals surface area contributed by atoms with Gasteiger partial charge < -0.3 is 19.5 Å². The van der Waals surface area contributed by atoms with Gasteiger partial charge in [0.1, 0.15) is 34.7 Å². The Kier molecular flexibility index (Phi) is 7.10. The number of hydrogen-bond donors (Lipinski definition) is 1. The standard InChI is InChI=1S/C29H32F2N4O3/c1-17-26(18(2)34-13-12-20(16-34)27-22(31)14-21(30)15-32-27)29(36)35(25(33-17)11-10-19-8-9-19)28-23(37-3)6-5-7-24(28)38-4/h5-7,14-15,19-20,36H,1-2,8-13,16H2,3-4H3. The minimum atomic E-state index is -0.707. The minimum absolute atomic E-state index is 0.0712. The first-order chi connectivity index (χ1) is 18.3. The monoisotopic (exact) mass is 522 g/mol. The number of aromatic nitrogens is 1. The van der Waals surface area contributed by atoms with Crippen molar-refractivity contribution in [3.8, 4) is 11.5 Å². The number of anilines is 1. The van der Waals surface area contributed by atoms with Crippen molar-refractivity contribution in [2.45, 2.75) is 38.0 Å². The Labute approximate surface area is 221 Å². The van der Waals surface area contributed by atoms with Gasteiger partial charge in [-0.15, -0.1) is 0 Å². The summed E-state index contributed by atoms with van der Waals surface area (Å²) in [6, 6.07) is 6.28. The molecule has 1 aromatic heterocycles. The molecule has 3 aliphatic rings. The van der Waals surface area contributed by atoms with E-state index in [4.69, 9.17) is 14.5 Å². The lowest BCUT2D eigenvalue weighted by atomic mass is 10.0. The number of nitrogens with zero attached hydrogens (tertiary/aromatic N) is 4. The molecule has 0 amide bonds. The van der Waals surface area contributed by atoms with Crippen LogP contribution in [0.2, 0.25) is 0 Å². The van der Waals surface area contributed by atoms with Gasteiger partial charge in [-0.3, -0.25) is 9.88 Å². The molecule has 1 N–H and O–H groups in total. The van der Waals surface area contributed by atoms with Crippen LogP contribution in [0.25, 0.3) is 0 Å². The Morgan fingerprint density at radius 1 is 1.16 bits per heavy atom. The molecule has 3 heterocycles. The SMILES string of the molecule is C=C1N=C(CCC2CC2)N(c2c(OC)cccc2OC)C(O)=C1C(=C)N1CCC(c2ncc(F)cc2F)C1. The molecule has 0 spiro atoms. The quantitative estimate of drug-likeness (QED) is 0.431. The number of para-hydroxylation sites is 1. The molecule has 200 valence electrons. The minimum Gasteiger partial charge on any atom is -0.494 e. The number of aliphatic hydroxyl groups is 1. The highest BCUT2D eigenvalue weighted by atomic mass is 19.1. The third-order valence-electron chi connectivity index (χ3n) is 7.43. The van der Waals surface area contributed by atoms with E-state index in [-0.39, 0.29) is 17.5 Å². The number of aliphatic imine (C=N–C) groups is 1. The van der Waals surface area contributed by atoms with Gasteiger partial charge in [0.15, 0.2) is 0 Å². The van der Waals surface area contributed by atoms with E-state index in [0.29, 0.717) is 71.8 Å². The number of hydrogen-bond acceptors (Lipinski definition) is 7. The number of methoxy groups -OCH3 is 2. The van der Waals surface area contributed by atoms with E-state index in [1.807, 2.05) is 11.0 Å². The lowest BCUT2D eigenvalue weighted by Crippen LogP contribution is -2.36. The van der Waals surface area contributed by atoms with E-state index in [0.717, 1.165) is 18.7 Å². The second kappa shape index (κ2) is 10.5. The van der Waals surface area contributed by atoms with Crippen molar-refractivity contribution in [1.29, 1.82) is 0 Å². The number of aliphatic hydroxyl groups excluding tert-OH is 1. The molecule has 1 aliphatic carbocycles. The largest absolute Gasteiger partial charge is 0.494 e. The average Bonchev–Trinajstić information content (AvgIpc) is 3.61. The predicted molar refractivity (Wildman–Crippen MR) is 142 cm³/mol. The van der Waals surface area contributed by atoms with Crippen LogP contribution < -0.4 is 14.4 Å². The summed E-state index contributed by atoms with van der Waals surface area (Å²) in [5.74, 6) is 0.672. The molecular formula is C29H32F2N4O3.